The number of aliphatic imine (C=N–C) groups is 1. The topological polar surface area (TPSA) is 71.7 Å². The number of benzene rings is 1. The van der Waals surface area contributed by atoms with Crippen LogP contribution in [-0.2, 0) is 13.1 Å². The molecule has 8 heteroatoms. The minimum Gasteiger partial charge on any atom is -0.467 e. The van der Waals surface area contributed by atoms with Gasteiger partial charge in [0, 0.05) is 18.8 Å². The summed E-state index contributed by atoms with van der Waals surface area (Å²) in [6.45, 7) is 3.76. The molecule has 0 aliphatic heterocycles. The fraction of sp³-hybridized carbons (Fsp3) is 0.200. The molecule has 0 atom stereocenters. The highest BCUT2D eigenvalue weighted by atomic mass is 127. The average Bonchev–Trinajstić information content (AvgIpc) is 3.20. The van der Waals surface area contributed by atoms with Crippen molar-refractivity contribution in [3.63, 3.8) is 0 Å². The van der Waals surface area contributed by atoms with E-state index in [0.717, 1.165) is 17.9 Å². The van der Waals surface area contributed by atoms with E-state index in [-0.39, 0.29) is 29.8 Å². The summed E-state index contributed by atoms with van der Waals surface area (Å²) in [6, 6.07) is 13.2. The largest absolute Gasteiger partial charge is 0.467 e. The maximum atomic E-state index is 13.0. The summed E-state index contributed by atoms with van der Waals surface area (Å²) >= 11 is 0. The summed E-state index contributed by atoms with van der Waals surface area (Å²) in [7, 11) is 0. The quantitative estimate of drug-likeness (QED) is 0.287. The number of nitrogens with zero attached hydrogens (tertiary/aromatic N) is 2. The Morgan fingerprint density at radius 2 is 2.00 bits per heavy atom. The predicted molar refractivity (Wildman–Crippen MR) is 116 cm³/mol. The lowest BCUT2D eigenvalue weighted by molar-refractivity contribution is 0.460. The molecule has 0 radical (unpaired) electrons. The zero-order valence-electron chi connectivity index (χ0n) is 15.4. The molecular weight excluding hydrogens is 474 g/mol. The predicted octanol–water partition coefficient (Wildman–Crippen LogP) is 4.48. The van der Waals surface area contributed by atoms with Crippen LogP contribution in [-0.4, -0.2) is 17.5 Å². The Bertz CT molecular complexity index is 870. The van der Waals surface area contributed by atoms with Gasteiger partial charge in [0.2, 0.25) is 5.88 Å². The maximum Gasteiger partial charge on any atom is 0.219 e. The van der Waals surface area contributed by atoms with Crippen LogP contribution in [0.1, 0.15) is 18.2 Å². The fourth-order valence-corrected chi connectivity index (χ4v) is 2.32. The van der Waals surface area contributed by atoms with Gasteiger partial charge < -0.3 is 19.8 Å². The SMILES string of the molecule is CCNC(=NCc1ccnc(Oc2ccc(F)cc2)c1)NCc1ccco1.I. The van der Waals surface area contributed by atoms with Crippen molar-refractivity contribution in [3.8, 4) is 11.6 Å². The highest BCUT2D eigenvalue weighted by Crippen LogP contribution is 2.20. The van der Waals surface area contributed by atoms with Gasteiger partial charge in [-0.2, -0.15) is 0 Å². The molecule has 0 aliphatic rings. The second-order valence-electron chi connectivity index (χ2n) is 5.69. The van der Waals surface area contributed by atoms with Gasteiger partial charge in [-0.05, 0) is 55.0 Å². The summed E-state index contributed by atoms with van der Waals surface area (Å²) < 4.78 is 23.9. The lowest BCUT2D eigenvalue weighted by Crippen LogP contribution is -2.36. The van der Waals surface area contributed by atoms with E-state index in [1.54, 1.807) is 24.6 Å². The Morgan fingerprint density at radius 3 is 2.71 bits per heavy atom. The zero-order chi connectivity index (χ0) is 18.9. The van der Waals surface area contributed by atoms with E-state index in [9.17, 15) is 4.39 Å². The third-order valence-corrected chi connectivity index (χ3v) is 3.61. The van der Waals surface area contributed by atoms with Crippen molar-refractivity contribution in [3.05, 3.63) is 78.1 Å². The van der Waals surface area contributed by atoms with Crippen molar-refractivity contribution in [2.45, 2.75) is 20.0 Å². The average molecular weight is 496 g/mol. The zero-order valence-corrected chi connectivity index (χ0v) is 17.7. The molecule has 0 fully saturated rings. The highest BCUT2D eigenvalue weighted by Gasteiger charge is 2.03. The Morgan fingerprint density at radius 1 is 1.18 bits per heavy atom. The molecule has 0 saturated heterocycles. The first-order valence-electron chi connectivity index (χ1n) is 8.66. The summed E-state index contributed by atoms with van der Waals surface area (Å²) in [5.41, 5.74) is 0.942. The number of rotatable bonds is 7. The fourth-order valence-electron chi connectivity index (χ4n) is 2.32. The van der Waals surface area contributed by atoms with Gasteiger partial charge in [0.15, 0.2) is 5.96 Å². The van der Waals surface area contributed by atoms with Crippen molar-refractivity contribution in [2.75, 3.05) is 6.54 Å². The van der Waals surface area contributed by atoms with Crippen LogP contribution < -0.4 is 15.4 Å². The van der Waals surface area contributed by atoms with Gasteiger partial charge in [0.1, 0.15) is 17.3 Å². The lowest BCUT2D eigenvalue weighted by atomic mass is 10.2. The van der Waals surface area contributed by atoms with Crippen molar-refractivity contribution in [1.29, 1.82) is 0 Å². The first kappa shape index (κ1) is 21.7. The Hall–Kier alpha value is -2.62. The van der Waals surface area contributed by atoms with Gasteiger partial charge in [0.25, 0.3) is 0 Å². The molecule has 1 aromatic carbocycles. The number of hydrogen-bond donors (Lipinski definition) is 2. The monoisotopic (exact) mass is 496 g/mol. The number of nitrogens with one attached hydrogen (secondary N) is 2. The van der Waals surface area contributed by atoms with Crippen molar-refractivity contribution in [2.24, 2.45) is 4.99 Å². The molecule has 0 spiro atoms. The molecule has 2 N–H and O–H groups in total. The van der Waals surface area contributed by atoms with Gasteiger partial charge in [-0.3, -0.25) is 0 Å². The summed E-state index contributed by atoms with van der Waals surface area (Å²) in [5, 5.41) is 6.41. The van der Waals surface area contributed by atoms with E-state index >= 15 is 0 Å². The summed E-state index contributed by atoms with van der Waals surface area (Å²) in [6.07, 6.45) is 3.30. The molecule has 2 heterocycles. The van der Waals surface area contributed by atoms with Crippen LogP contribution in [0.5, 0.6) is 11.6 Å². The molecule has 28 heavy (non-hydrogen) atoms. The smallest absolute Gasteiger partial charge is 0.219 e. The van der Waals surface area contributed by atoms with Gasteiger partial charge in [0.05, 0.1) is 19.4 Å². The number of aromatic nitrogens is 1. The van der Waals surface area contributed by atoms with Crippen molar-refractivity contribution >= 4 is 29.9 Å². The Kier molecular flexibility index (Phi) is 8.73. The third kappa shape index (κ3) is 6.84. The normalized spacial score (nSPS) is 10.9. The van der Waals surface area contributed by atoms with Gasteiger partial charge in [-0.1, -0.05) is 0 Å². The van der Waals surface area contributed by atoms with Gasteiger partial charge in [-0.25, -0.2) is 14.4 Å². The molecule has 3 aromatic rings. The number of ether oxygens (including phenoxy) is 1. The second kappa shape index (κ2) is 11.3. The first-order valence-corrected chi connectivity index (χ1v) is 8.66. The van der Waals surface area contributed by atoms with Crippen LogP contribution in [0, 0.1) is 5.82 Å². The third-order valence-electron chi connectivity index (χ3n) is 3.61. The van der Waals surface area contributed by atoms with Gasteiger partial charge >= 0.3 is 0 Å². The minimum absolute atomic E-state index is 0. The first-order chi connectivity index (χ1) is 13.2. The van der Waals surface area contributed by atoms with Crippen LogP contribution in [0.25, 0.3) is 0 Å². The molecule has 2 aromatic heterocycles. The van der Waals surface area contributed by atoms with Crippen LogP contribution in [0.3, 0.4) is 0 Å². The van der Waals surface area contributed by atoms with E-state index < -0.39 is 0 Å². The standard InChI is InChI=1S/C20H21FN4O2.HI/c1-2-22-20(25-14-18-4-3-11-26-18)24-13-15-9-10-23-19(12-15)27-17-7-5-16(21)6-8-17;/h3-12H,2,13-14H2,1H3,(H2,22,24,25);1H. The van der Waals surface area contributed by atoms with E-state index in [1.165, 1.54) is 12.1 Å². The number of guanidine groups is 1. The molecule has 3 rings (SSSR count). The highest BCUT2D eigenvalue weighted by molar-refractivity contribution is 14.0. The van der Waals surface area contributed by atoms with Crippen LogP contribution in [0.15, 0.2) is 70.4 Å². The van der Waals surface area contributed by atoms with Crippen LogP contribution in [0.2, 0.25) is 0 Å². The van der Waals surface area contributed by atoms with Crippen molar-refractivity contribution < 1.29 is 13.5 Å². The summed E-state index contributed by atoms with van der Waals surface area (Å²) in [5.74, 6) is 2.17. The molecule has 0 saturated carbocycles. The number of pyridine rings is 1. The number of halogens is 2. The Labute approximate surface area is 180 Å². The molecule has 0 unspecified atom stereocenters. The molecule has 148 valence electrons. The minimum atomic E-state index is -0.309. The van der Waals surface area contributed by atoms with E-state index in [4.69, 9.17) is 9.15 Å². The summed E-state index contributed by atoms with van der Waals surface area (Å²) in [4.78, 5) is 8.75. The maximum absolute atomic E-state index is 13.0. The van der Waals surface area contributed by atoms with E-state index in [1.807, 2.05) is 31.2 Å². The molecule has 0 aliphatic carbocycles. The molecule has 6 nitrogen and oxygen atoms in total. The second-order valence-corrected chi connectivity index (χ2v) is 5.69. The number of hydrogen-bond acceptors (Lipinski definition) is 4. The molecular formula is C20H22FIN4O2. The molecule has 0 bridgehead atoms. The molecule has 0 amide bonds. The van der Waals surface area contributed by atoms with Gasteiger partial charge in [-0.15, -0.1) is 24.0 Å². The van der Waals surface area contributed by atoms with Crippen LogP contribution >= 0.6 is 24.0 Å². The van der Waals surface area contributed by atoms with E-state index in [2.05, 4.69) is 20.6 Å². The Balaban J connectivity index is 0.00000280. The lowest BCUT2D eigenvalue weighted by Gasteiger charge is -2.10. The van der Waals surface area contributed by atoms with E-state index in [0.29, 0.717) is 30.7 Å². The van der Waals surface area contributed by atoms with Crippen molar-refractivity contribution in [1.82, 2.24) is 15.6 Å². The van der Waals surface area contributed by atoms with Crippen LogP contribution in [0.4, 0.5) is 4.39 Å². The number of furan rings is 1.